The number of hydrogen-bond acceptors (Lipinski definition) is 4. The van der Waals surface area contributed by atoms with Crippen molar-refractivity contribution in [3.63, 3.8) is 0 Å². The zero-order chi connectivity index (χ0) is 22.1. The van der Waals surface area contributed by atoms with E-state index in [0.717, 1.165) is 29.2 Å². The van der Waals surface area contributed by atoms with Crippen molar-refractivity contribution in [3.8, 4) is 0 Å². The molecule has 2 aromatic rings. The summed E-state index contributed by atoms with van der Waals surface area (Å²) in [4.78, 5) is 39.4. The number of carbonyl (C=O) groups is 3. The number of likely N-dealkylation sites (N-methyl/N-ethyl adjacent to an activating group) is 1. The van der Waals surface area contributed by atoms with Gasteiger partial charge < -0.3 is 5.32 Å². The molecule has 2 aromatic carbocycles. The van der Waals surface area contributed by atoms with Gasteiger partial charge in [-0.25, -0.2) is 9.29 Å². The number of carbonyl (C=O) groups excluding carboxylic acids is 3. The molecule has 30 heavy (non-hydrogen) atoms. The summed E-state index contributed by atoms with van der Waals surface area (Å²) < 4.78 is 52.3. The minimum Gasteiger partial charge on any atom is -0.324 e. The molecule has 0 saturated carbocycles. The van der Waals surface area contributed by atoms with Gasteiger partial charge in [0.2, 0.25) is 11.8 Å². The Balaban J connectivity index is 1.69. The molecule has 0 aromatic heterocycles. The standard InChI is InChI=1S/C20H17F4N3O3/c1-26(11-17(28)25-15-5-3-2-4-14(15)20(22,23)24)16-10-18(29)27(19(16)30)13-8-6-12(21)7-9-13/h2-9,16H,10-11H2,1H3,(H,25,28)/t16-/m0/s1. The Morgan fingerprint density at radius 2 is 1.77 bits per heavy atom. The van der Waals surface area contributed by atoms with E-state index in [0.29, 0.717) is 0 Å². The van der Waals surface area contributed by atoms with E-state index in [1.54, 1.807) is 0 Å². The van der Waals surface area contributed by atoms with Crippen molar-refractivity contribution < 1.29 is 31.9 Å². The van der Waals surface area contributed by atoms with Crippen LogP contribution in [0.5, 0.6) is 0 Å². The number of anilines is 2. The lowest BCUT2D eigenvalue weighted by atomic mass is 10.1. The first kappa shape index (κ1) is 21.4. The summed E-state index contributed by atoms with van der Waals surface area (Å²) in [5, 5.41) is 2.19. The number of rotatable bonds is 5. The van der Waals surface area contributed by atoms with E-state index in [1.807, 2.05) is 0 Å². The Hall–Kier alpha value is -3.27. The van der Waals surface area contributed by atoms with Crippen LogP contribution in [0.1, 0.15) is 12.0 Å². The topological polar surface area (TPSA) is 69.7 Å². The van der Waals surface area contributed by atoms with Crippen LogP contribution in [-0.4, -0.2) is 42.3 Å². The second kappa shape index (κ2) is 8.23. The number of nitrogens with one attached hydrogen (secondary N) is 1. The molecule has 6 nitrogen and oxygen atoms in total. The molecule has 1 saturated heterocycles. The maximum absolute atomic E-state index is 13.1. The second-order valence-corrected chi connectivity index (χ2v) is 6.77. The predicted octanol–water partition coefficient (Wildman–Crippen LogP) is 3.05. The number of benzene rings is 2. The maximum Gasteiger partial charge on any atom is 0.418 e. The molecule has 3 amide bonds. The molecule has 0 unspecified atom stereocenters. The third-order valence-electron chi connectivity index (χ3n) is 4.64. The Morgan fingerprint density at radius 3 is 2.40 bits per heavy atom. The third kappa shape index (κ3) is 4.48. The minimum atomic E-state index is -4.64. The molecule has 1 N–H and O–H groups in total. The average Bonchev–Trinajstić information content (AvgIpc) is 2.96. The first-order valence-corrected chi connectivity index (χ1v) is 8.86. The summed E-state index contributed by atoms with van der Waals surface area (Å²) in [7, 11) is 1.42. The number of alkyl halides is 3. The Kier molecular flexibility index (Phi) is 5.88. The van der Waals surface area contributed by atoms with E-state index in [1.165, 1.54) is 36.2 Å². The molecule has 0 radical (unpaired) electrons. The van der Waals surface area contributed by atoms with Gasteiger partial charge in [0.15, 0.2) is 0 Å². The first-order valence-electron chi connectivity index (χ1n) is 8.86. The fraction of sp³-hybridized carbons (Fsp3) is 0.250. The van der Waals surface area contributed by atoms with Crippen LogP contribution in [0, 0.1) is 5.82 Å². The number of imide groups is 1. The molecule has 0 bridgehead atoms. The van der Waals surface area contributed by atoms with Crippen molar-refractivity contribution >= 4 is 29.1 Å². The van der Waals surface area contributed by atoms with Crippen LogP contribution in [0.15, 0.2) is 48.5 Å². The molecule has 3 rings (SSSR count). The number of para-hydroxylation sites is 1. The van der Waals surface area contributed by atoms with E-state index >= 15 is 0 Å². The van der Waals surface area contributed by atoms with Gasteiger partial charge in [-0.1, -0.05) is 12.1 Å². The van der Waals surface area contributed by atoms with Gasteiger partial charge >= 0.3 is 6.18 Å². The van der Waals surface area contributed by atoms with Crippen LogP contribution in [0.25, 0.3) is 0 Å². The molecule has 1 fully saturated rings. The van der Waals surface area contributed by atoms with Crippen LogP contribution >= 0.6 is 0 Å². The van der Waals surface area contributed by atoms with Crippen LogP contribution in [0.3, 0.4) is 0 Å². The lowest BCUT2D eigenvalue weighted by molar-refractivity contribution is -0.137. The smallest absolute Gasteiger partial charge is 0.324 e. The van der Waals surface area contributed by atoms with Crippen LogP contribution < -0.4 is 10.2 Å². The fourth-order valence-electron chi connectivity index (χ4n) is 3.19. The molecular weight excluding hydrogens is 406 g/mol. The second-order valence-electron chi connectivity index (χ2n) is 6.77. The lowest BCUT2D eigenvalue weighted by Crippen LogP contribution is -2.43. The highest BCUT2D eigenvalue weighted by Crippen LogP contribution is 2.34. The summed E-state index contributed by atoms with van der Waals surface area (Å²) in [5.74, 6) is -2.42. The summed E-state index contributed by atoms with van der Waals surface area (Å²) in [6.07, 6.45) is -4.85. The fourth-order valence-corrected chi connectivity index (χ4v) is 3.19. The molecule has 1 aliphatic heterocycles. The van der Waals surface area contributed by atoms with Gasteiger partial charge in [-0.3, -0.25) is 19.3 Å². The Labute approximate surface area is 169 Å². The summed E-state index contributed by atoms with van der Waals surface area (Å²) in [5.41, 5.74) is -1.19. The SMILES string of the molecule is CN(CC(=O)Nc1ccccc1C(F)(F)F)[C@H]1CC(=O)N(c2ccc(F)cc2)C1=O. The van der Waals surface area contributed by atoms with Gasteiger partial charge in [0.25, 0.3) is 5.91 Å². The van der Waals surface area contributed by atoms with Gasteiger partial charge in [0.05, 0.1) is 35.9 Å². The highest BCUT2D eigenvalue weighted by molar-refractivity contribution is 6.22. The number of amides is 3. The van der Waals surface area contributed by atoms with Crippen molar-refractivity contribution in [2.24, 2.45) is 0 Å². The van der Waals surface area contributed by atoms with Crippen molar-refractivity contribution in [1.29, 1.82) is 0 Å². The van der Waals surface area contributed by atoms with Crippen LogP contribution in [-0.2, 0) is 20.6 Å². The van der Waals surface area contributed by atoms with E-state index < -0.39 is 53.6 Å². The number of halogens is 4. The van der Waals surface area contributed by atoms with E-state index in [9.17, 15) is 31.9 Å². The zero-order valence-electron chi connectivity index (χ0n) is 15.7. The van der Waals surface area contributed by atoms with Crippen molar-refractivity contribution in [1.82, 2.24) is 4.90 Å². The van der Waals surface area contributed by atoms with Crippen molar-refractivity contribution in [3.05, 3.63) is 59.9 Å². The molecule has 0 spiro atoms. The Morgan fingerprint density at radius 1 is 1.13 bits per heavy atom. The maximum atomic E-state index is 13.1. The summed E-state index contributed by atoms with van der Waals surface area (Å²) in [6.45, 7) is -0.410. The van der Waals surface area contributed by atoms with E-state index in [4.69, 9.17) is 0 Å². The monoisotopic (exact) mass is 423 g/mol. The Bertz CT molecular complexity index is 976. The lowest BCUT2D eigenvalue weighted by Gasteiger charge is -2.22. The van der Waals surface area contributed by atoms with Gasteiger partial charge in [-0.05, 0) is 43.4 Å². The van der Waals surface area contributed by atoms with Crippen molar-refractivity contribution in [2.45, 2.75) is 18.6 Å². The van der Waals surface area contributed by atoms with Gasteiger partial charge in [0, 0.05) is 0 Å². The van der Waals surface area contributed by atoms with Crippen molar-refractivity contribution in [2.75, 3.05) is 23.8 Å². The normalized spacial score (nSPS) is 17.0. The highest BCUT2D eigenvalue weighted by atomic mass is 19.4. The molecular formula is C20H17F4N3O3. The molecule has 1 heterocycles. The number of hydrogen-bond donors (Lipinski definition) is 1. The van der Waals surface area contributed by atoms with Crippen LogP contribution in [0.4, 0.5) is 28.9 Å². The third-order valence-corrected chi connectivity index (χ3v) is 4.64. The first-order chi connectivity index (χ1) is 14.1. The minimum absolute atomic E-state index is 0.200. The largest absolute Gasteiger partial charge is 0.418 e. The highest BCUT2D eigenvalue weighted by Gasteiger charge is 2.42. The van der Waals surface area contributed by atoms with Gasteiger partial charge in [-0.2, -0.15) is 13.2 Å². The number of nitrogens with zero attached hydrogens (tertiary/aromatic N) is 2. The summed E-state index contributed by atoms with van der Waals surface area (Å²) in [6, 6.07) is 8.36. The molecule has 1 atom stereocenters. The molecule has 10 heteroatoms. The summed E-state index contributed by atoms with van der Waals surface area (Å²) >= 11 is 0. The quantitative estimate of drug-likeness (QED) is 0.593. The van der Waals surface area contributed by atoms with E-state index in [2.05, 4.69) is 5.32 Å². The molecule has 1 aliphatic rings. The zero-order valence-corrected chi connectivity index (χ0v) is 15.7. The van der Waals surface area contributed by atoms with Gasteiger partial charge in [0.1, 0.15) is 5.82 Å². The predicted molar refractivity (Wildman–Crippen MR) is 100 cm³/mol. The van der Waals surface area contributed by atoms with E-state index in [-0.39, 0.29) is 12.1 Å². The van der Waals surface area contributed by atoms with Crippen LogP contribution in [0.2, 0.25) is 0 Å². The average molecular weight is 423 g/mol. The molecule has 158 valence electrons. The molecule has 0 aliphatic carbocycles. The van der Waals surface area contributed by atoms with Gasteiger partial charge in [-0.15, -0.1) is 0 Å².